The Morgan fingerprint density at radius 2 is 0.951 bits per heavy atom. The molecule has 3 heterocycles. The Balaban J connectivity index is 1.32. The van der Waals surface area contributed by atoms with Crippen molar-refractivity contribution < 1.29 is 47.9 Å². The standard InChI is InChI=1S/C58H77N13O10/c1-4-5-18-41(51(61)74)65-55(78)45(27-33(2)3)68-57(80)48(30-36-32-64-40-20-12-10-17-38(36)40)71-56(79)46(28-34-14-7-6-8-15-34)69-58(81)47(29-35-31-63-39-19-11-9-16-37(35)39)70-54(77)44(23-25-50(60)73)67-53(76)43(22-24-49(59)72)66-52(75)42-21-13-26-62-42/h6-12,14-17,19-20,31-33,41-48,62-64H,4-5,13,18,21-30H2,1-3H3,(H2,59,72)(H2,60,73)(H2,61,74)(H,65,78)(H,66,75)(H,67,76)(H,68,80)(H,69,81)(H,70,77)(H,71,79)/t41-,42+,43-,44-,45-,46-,47+,48+/m0/s1. The second-order valence-corrected chi connectivity index (χ2v) is 21.1. The van der Waals surface area contributed by atoms with E-state index in [9.17, 15) is 38.4 Å². The van der Waals surface area contributed by atoms with Crippen LogP contribution in [-0.2, 0) is 67.2 Å². The van der Waals surface area contributed by atoms with E-state index in [1.165, 1.54) is 0 Å². The second-order valence-electron chi connectivity index (χ2n) is 21.1. The van der Waals surface area contributed by atoms with E-state index in [0.717, 1.165) is 29.3 Å². The van der Waals surface area contributed by atoms with Gasteiger partial charge in [-0.05, 0) is 79.8 Å². The number of aromatic amines is 2. The molecule has 23 heteroatoms. The summed E-state index contributed by atoms with van der Waals surface area (Å²) in [6, 6.07) is 13.6. The predicted molar refractivity (Wildman–Crippen MR) is 304 cm³/mol. The van der Waals surface area contributed by atoms with Crippen molar-refractivity contribution in [1.29, 1.82) is 0 Å². The summed E-state index contributed by atoms with van der Waals surface area (Å²) in [5.74, 6) is -7.67. The molecule has 0 aliphatic carbocycles. The summed E-state index contributed by atoms with van der Waals surface area (Å²) in [6.07, 6.45) is 4.87. The van der Waals surface area contributed by atoms with E-state index in [-0.39, 0.29) is 57.3 Å². The number of carbonyl (C=O) groups is 10. The van der Waals surface area contributed by atoms with Crippen LogP contribution in [0.2, 0.25) is 0 Å². The first-order valence-electron chi connectivity index (χ1n) is 27.7. The molecule has 2 aromatic heterocycles. The van der Waals surface area contributed by atoms with Gasteiger partial charge < -0.3 is 69.7 Å². The minimum absolute atomic E-state index is 0.0772. The molecule has 0 spiro atoms. The van der Waals surface area contributed by atoms with Crippen molar-refractivity contribution in [3.63, 3.8) is 0 Å². The minimum Gasteiger partial charge on any atom is -0.370 e. The van der Waals surface area contributed by atoms with Gasteiger partial charge in [0.1, 0.15) is 42.3 Å². The molecule has 1 aliphatic heterocycles. The first kappa shape index (κ1) is 61.6. The molecule has 1 saturated heterocycles. The molecule has 10 amide bonds. The van der Waals surface area contributed by atoms with Crippen molar-refractivity contribution in [2.45, 2.75) is 153 Å². The number of hydrogen-bond acceptors (Lipinski definition) is 11. The first-order chi connectivity index (χ1) is 38.8. The Labute approximate surface area is 469 Å². The van der Waals surface area contributed by atoms with E-state index in [1.807, 2.05) is 63.2 Å². The molecule has 81 heavy (non-hydrogen) atoms. The van der Waals surface area contributed by atoms with Crippen LogP contribution in [0.15, 0.2) is 91.3 Å². The lowest BCUT2D eigenvalue weighted by Gasteiger charge is -2.28. The van der Waals surface area contributed by atoms with Crippen molar-refractivity contribution in [1.82, 2.24) is 52.5 Å². The van der Waals surface area contributed by atoms with Crippen LogP contribution in [0.25, 0.3) is 21.8 Å². The van der Waals surface area contributed by atoms with E-state index in [4.69, 9.17) is 17.2 Å². The quantitative estimate of drug-likeness (QED) is 0.0289. The van der Waals surface area contributed by atoms with Gasteiger partial charge in [0.2, 0.25) is 59.1 Å². The molecule has 16 N–H and O–H groups in total. The molecule has 5 aromatic rings. The Bertz CT molecular complexity index is 3010. The molecule has 0 saturated carbocycles. The third kappa shape index (κ3) is 18.5. The number of fused-ring (bicyclic) bond motifs is 2. The highest BCUT2D eigenvalue weighted by molar-refractivity contribution is 5.99. The normalized spacial score (nSPS) is 15.7. The Hall–Kier alpha value is -8.60. The van der Waals surface area contributed by atoms with Crippen molar-refractivity contribution in [3.05, 3.63) is 108 Å². The van der Waals surface area contributed by atoms with Crippen molar-refractivity contribution in [3.8, 4) is 0 Å². The van der Waals surface area contributed by atoms with E-state index in [0.29, 0.717) is 47.9 Å². The van der Waals surface area contributed by atoms with Crippen LogP contribution < -0.4 is 59.7 Å². The molecule has 8 atom stereocenters. The molecular formula is C58H77N13O10. The highest BCUT2D eigenvalue weighted by atomic mass is 16.2. The van der Waals surface area contributed by atoms with Gasteiger partial charge in [0.15, 0.2) is 0 Å². The number of amides is 10. The lowest BCUT2D eigenvalue weighted by molar-refractivity contribution is -0.136. The fourth-order valence-electron chi connectivity index (χ4n) is 9.84. The number of aromatic nitrogens is 2. The van der Waals surface area contributed by atoms with Gasteiger partial charge in [-0.3, -0.25) is 47.9 Å². The summed E-state index contributed by atoms with van der Waals surface area (Å²) in [5.41, 5.74) is 20.0. The molecule has 434 valence electrons. The van der Waals surface area contributed by atoms with Crippen LogP contribution in [-0.4, -0.2) is 124 Å². The zero-order valence-electron chi connectivity index (χ0n) is 46.1. The molecular weight excluding hydrogens is 1040 g/mol. The topological polar surface area (TPSA) is 377 Å². The van der Waals surface area contributed by atoms with E-state index in [1.54, 1.807) is 48.8 Å². The highest BCUT2D eigenvalue weighted by Crippen LogP contribution is 2.22. The summed E-state index contributed by atoms with van der Waals surface area (Å²) in [6.45, 7) is 6.25. The molecule has 6 rings (SSSR count). The maximum atomic E-state index is 15.1. The van der Waals surface area contributed by atoms with Crippen LogP contribution in [0.3, 0.4) is 0 Å². The molecule has 0 radical (unpaired) electrons. The van der Waals surface area contributed by atoms with Gasteiger partial charge in [0.05, 0.1) is 6.04 Å². The van der Waals surface area contributed by atoms with E-state index in [2.05, 4.69) is 52.5 Å². The molecule has 23 nitrogen and oxygen atoms in total. The number of H-pyrrole nitrogens is 2. The van der Waals surface area contributed by atoms with Gasteiger partial charge in [-0.15, -0.1) is 0 Å². The van der Waals surface area contributed by atoms with Gasteiger partial charge in [-0.1, -0.05) is 100 Å². The third-order valence-electron chi connectivity index (χ3n) is 14.2. The van der Waals surface area contributed by atoms with E-state index < -0.39 is 107 Å². The van der Waals surface area contributed by atoms with Crippen LogP contribution >= 0.6 is 0 Å². The fourth-order valence-corrected chi connectivity index (χ4v) is 9.84. The summed E-state index contributed by atoms with van der Waals surface area (Å²) >= 11 is 0. The monoisotopic (exact) mass is 1120 g/mol. The van der Waals surface area contributed by atoms with Gasteiger partial charge >= 0.3 is 0 Å². The Morgan fingerprint density at radius 3 is 1.42 bits per heavy atom. The number of carbonyl (C=O) groups excluding carboxylic acids is 10. The number of unbranched alkanes of at least 4 members (excludes halogenated alkanes) is 1. The number of benzene rings is 3. The number of hydrogen-bond donors (Lipinski definition) is 13. The molecule has 3 aromatic carbocycles. The lowest BCUT2D eigenvalue weighted by atomic mass is 9.99. The minimum atomic E-state index is -1.52. The van der Waals surface area contributed by atoms with Gasteiger partial charge in [0, 0.05) is 66.3 Å². The fraction of sp³-hybridized carbons (Fsp3) is 0.448. The molecule has 1 fully saturated rings. The first-order valence-corrected chi connectivity index (χ1v) is 27.7. The number of primary amides is 3. The van der Waals surface area contributed by atoms with Crippen LogP contribution in [0.4, 0.5) is 0 Å². The zero-order chi connectivity index (χ0) is 58.6. The highest BCUT2D eigenvalue weighted by Gasteiger charge is 2.36. The summed E-state index contributed by atoms with van der Waals surface area (Å²) < 4.78 is 0. The maximum absolute atomic E-state index is 15.1. The lowest BCUT2D eigenvalue weighted by Crippen LogP contribution is -2.61. The van der Waals surface area contributed by atoms with Gasteiger partial charge in [-0.2, -0.15) is 0 Å². The zero-order valence-corrected chi connectivity index (χ0v) is 46.1. The average Bonchev–Trinajstić information content (AvgIpc) is 4.23. The average molecular weight is 1120 g/mol. The van der Waals surface area contributed by atoms with Crippen molar-refractivity contribution in [2.24, 2.45) is 23.1 Å². The smallest absolute Gasteiger partial charge is 0.243 e. The number of nitrogens with one attached hydrogen (secondary N) is 10. The molecule has 1 aliphatic rings. The predicted octanol–water partition coefficient (Wildman–Crippen LogP) is 1.08. The van der Waals surface area contributed by atoms with Crippen molar-refractivity contribution in [2.75, 3.05) is 6.54 Å². The second kappa shape index (κ2) is 30.1. The Morgan fingerprint density at radius 1 is 0.519 bits per heavy atom. The molecule has 0 bridgehead atoms. The number of nitrogens with two attached hydrogens (primary N) is 3. The van der Waals surface area contributed by atoms with Crippen LogP contribution in [0.1, 0.15) is 102 Å². The number of rotatable bonds is 32. The van der Waals surface area contributed by atoms with E-state index >= 15 is 9.59 Å². The summed E-state index contributed by atoms with van der Waals surface area (Å²) in [4.78, 5) is 144. The number of para-hydroxylation sites is 2. The SMILES string of the molecule is CCCC[C@H](NC(=O)[C@H](CC(C)C)NC(=O)[C@@H](Cc1c[nH]c2ccccc12)NC(=O)[C@H](Cc1ccccc1)NC(=O)[C@@H](Cc1c[nH]c2ccccc12)NC(=O)[C@H](CCC(N)=O)NC(=O)[C@H](CCC(N)=O)NC(=O)[C@H]1CCCN1)C(N)=O. The summed E-state index contributed by atoms with van der Waals surface area (Å²) in [5, 5.41) is 23.8. The third-order valence-corrected chi connectivity index (χ3v) is 14.2. The molecule has 0 unspecified atom stereocenters. The largest absolute Gasteiger partial charge is 0.370 e. The van der Waals surface area contributed by atoms with Crippen LogP contribution in [0.5, 0.6) is 0 Å². The van der Waals surface area contributed by atoms with Crippen molar-refractivity contribution >= 4 is 80.9 Å². The van der Waals surface area contributed by atoms with Crippen LogP contribution in [0, 0.1) is 5.92 Å². The van der Waals surface area contributed by atoms with Gasteiger partial charge in [0.25, 0.3) is 0 Å². The Kier molecular flexibility index (Phi) is 22.9. The maximum Gasteiger partial charge on any atom is 0.243 e. The van der Waals surface area contributed by atoms with Gasteiger partial charge in [-0.25, -0.2) is 0 Å². The summed E-state index contributed by atoms with van der Waals surface area (Å²) in [7, 11) is 0.